The standard InChI is InChI=1S/C17H13F2NO4S/c1-24-15-10-12(7-9-16(15)25-17(18)19)14(21)8-6-11-4-2-3-5-13(11)20(22)23/h2-10,17H,1H3. The molecule has 0 aliphatic heterocycles. The molecule has 0 atom stereocenters. The van der Waals surface area contributed by atoms with Gasteiger partial charge in [-0.1, -0.05) is 23.9 Å². The number of thioether (sulfide) groups is 1. The van der Waals surface area contributed by atoms with Crippen molar-refractivity contribution in [1.82, 2.24) is 0 Å². The Kier molecular flexibility index (Phi) is 6.24. The van der Waals surface area contributed by atoms with Crippen molar-refractivity contribution in [2.75, 3.05) is 7.11 Å². The normalized spacial score (nSPS) is 11.0. The van der Waals surface area contributed by atoms with Crippen LogP contribution in [0.15, 0.2) is 53.4 Å². The van der Waals surface area contributed by atoms with Crippen LogP contribution in [0.5, 0.6) is 5.75 Å². The topological polar surface area (TPSA) is 69.4 Å². The van der Waals surface area contributed by atoms with Crippen molar-refractivity contribution in [2.24, 2.45) is 0 Å². The number of hydrogen-bond acceptors (Lipinski definition) is 5. The number of nitro groups is 1. The van der Waals surface area contributed by atoms with Gasteiger partial charge < -0.3 is 4.74 Å². The molecular weight excluding hydrogens is 352 g/mol. The van der Waals surface area contributed by atoms with E-state index < -0.39 is 16.5 Å². The third-order valence-electron chi connectivity index (χ3n) is 3.21. The summed E-state index contributed by atoms with van der Waals surface area (Å²) in [6.07, 6.45) is 2.53. The number of rotatable bonds is 7. The second kappa shape index (κ2) is 8.39. The van der Waals surface area contributed by atoms with Gasteiger partial charge in [-0.3, -0.25) is 14.9 Å². The lowest BCUT2D eigenvalue weighted by Gasteiger charge is -2.08. The molecule has 0 bridgehead atoms. The first-order valence-electron chi connectivity index (χ1n) is 7.01. The second-order valence-corrected chi connectivity index (χ2v) is 5.79. The van der Waals surface area contributed by atoms with Gasteiger partial charge in [0.25, 0.3) is 11.4 Å². The highest BCUT2D eigenvalue weighted by Gasteiger charge is 2.14. The van der Waals surface area contributed by atoms with E-state index in [9.17, 15) is 23.7 Å². The summed E-state index contributed by atoms with van der Waals surface area (Å²) in [5.74, 6) is -2.87. The quantitative estimate of drug-likeness (QED) is 0.231. The molecule has 130 valence electrons. The zero-order chi connectivity index (χ0) is 18.4. The molecule has 0 aliphatic carbocycles. The molecule has 0 saturated heterocycles. The van der Waals surface area contributed by atoms with Crippen LogP contribution in [0.2, 0.25) is 0 Å². The number of ketones is 1. The molecular formula is C17H13F2NO4S. The van der Waals surface area contributed by atoms with E-state index in [2.05, 4.69) is 0 Å². The lowest BCUT2D eigenvalue weighted by atomic mass is 10.1. The lowest BCUT2D eigenvalue weighted by molar-refractivity contribution is -0.385. The third kappa shape index (κ3) is 4.87. The Balaban J connectivity index is 2.25. The molecule has 0 N–H and O–H groups in total. The van der Waals surface area contributed by atoms with Crippen molar-refractivity contribution in [2.45, 2.75) is 10.7 Å². The van der Waals surface area contributed by atoms with E-state index in [1.165, 1.54) is 55.7 Å². The van der Waals surface area contributed by atoms with Crippen molar-refractivity contribution in [3.05, 3.63) is 69.8 Å². The van der Waals surface area contributed by atoms with Crippen molar-refractivity contribution in [3.8, 4) is 5.75 Å². The maximum atomic E-state index is 12.5. The summed E-state index contributed by atoms with van der Waals surface area (Å²) in [6.45, 7) is 0. The van der Waals surface area contributed by atoms with E-state index in [-0.39, 0.29) is 27.5 Å². The fourth-order valence-corrected chi connectivity index (χ4v) is 2.67. The molecule has 2 aromatic carbocycles. The number of nitrogens with zero attached hydrogens (tertiary/aromatic N) is 1. The van der Waals surface area contributed by atoms with E-state index >= 15 is 0 Å². The predicted octanol–water partition coefficient (Wildman–Crippen LogP) is 4.81. The van der Waals surface area contributed by atoms with Crippen LogP contribution in [0.3, 0.4) is 0 Å². The summed E-state index contributed by atoms with van der Waals surface area (Å²) in [7, 11) is 1.32. The van der Waals surface area contributed by atoms with Gasteiger partial charge in [0.2, 0.25) is 0 Å². The van der Waals surface area contributed by atoms with Gasteiger partial charge in [0.05, 0.1) is 22.5 Å². The van der Waals surface area contributed by atoms with Gasteiger partial charge >= 0.3 is 0 Å². The Bertz CT molecular complexity index is 824. The number of hydrogen-bond donors (Lipinski definition) is 0. The van der Waals surface area contributed by atoms with Crippen LogP contribution in [0.25, 0.3) is 6.08 Å². The number of ether oxygens (including phenoxy) is 1. The molecule has 0 aromatic heterocycles. The second-order valence-electron chi connectivity index (χ2n) is 4.76. The predicted molar refractivity (Wildman–Crippen MR) is 91.3 cm³/mol. The number of carbonyl (C=O) groups is 1. The summed E-state index contributed by atoms with van der Waals surface area (Å²) in [5.41, 5.74) is 0.399. The lowest BCUT2D eigenvalue weighted by Crippen LogP contribution is -1.97. The molecule has 0 radical (unpaired) electrons. The van der Waals surface area contributed by atoms with Gasteiger partial charge in [-0.05, 0) is 36.4 Å². The molecule has 2 rings (SSSR count). The number of allylic oxidation sites excluding steroid dienone is 1. The number of nitro benzene ring substituents is 1. The molecule has 8 heteroatoms. The van der Waals surface area contributed by atoms with Crippen LogP contribution < -0.4 is 4.74 Å². The van der Waals surface area contributed by atoms with Gasteiger partial charge in [0, 0.05) is 11.6 Å². The zero-order valence-corrected chi connectivity index (χ0v) is 13.8. The van der Waals surface area contributed by atoms with Gasteiger partial charge in [0.15, 0.2) is 5.78 Å². The fourth-order valence-electron chi connectivity index (χ4n) is 2.07. The van der Waals surface area contributed by atoms with E-state index in [1.54, 1.807) is 6.07 Å². The van der Waals surface area contributed by atoms with Crippen molar-refractivity contribution >= 4 is 29.3 Å². The van der Waals surface area contributed by atoms with E-state index in [1.807, 2.05) is 0 Å². The van der Waals surface area contributed by atoms with Gasteiger partial charge in [-0.2, -0.15) is 8.78 Å². The number of para-hydroxylation sites is 1. The van der Waals surface area contributed by atoms with Gasteiger partial charge in [0.1, 0.15) is 5.75 Å². The van der Waals surface area contributed by atoms with E-state index in [4.69, 9.17) is 4.74 Å². The highest BCUT2D eigenvalue weighted by molar-refractivity contribution is 7.99. The summed E-state index contributed by atoms with van der Waals surface area (Å²) in [4.78, 5) is 22.9. The van der Waals surface area contributed by atoms with Gasteiger partial charge in [-0.15, -0.1) is 0 Å². The first-order chi connectivity index (χ1) is 11.9. The SMILES string of the molecule is COc1cc(C(=O)C=Cc2ccccc2[N+](=O)[O-])ccc1SC(F)F. The highest BCUT2D eigenvalue weighted by Crippen LogP contribution is 2.34. The fraction of sp³-hybridized carbons (Fsp3) is 0.118. The van der Waals surface area contributed by atoms with E-state index in [0.29, 0.717) is 11.8 Å². The summed E-state index contributed by atoms with van der Waals surface area (Å²) in [6, 6.07) is 10.1. The monoisotopic (exact) mass is 365 g/mol. The minimum atomic E-state index is -2.60. The number of carbonyl (C=O) groups excluding carboxylic acids is 1. The Morgan fingerprint density at radius 3 is 2.64 bits per heavy atom. The molecule has 25 heavy (non-hydrogen) atoms. The first-order valence-corrected chi connectivity index (χ1v) is 7.89. The average molecular weight is 365 g/mol. The molecule has 2 aromatic rings. The van der Waals surface area contributed by atoms with Crippen LogP contribution in [0.4, 0.5) is 14.5 Å². The van der Waals surface area contributed by atoms with Crippen molar-refractivity contribution in [1.29, 1.82) is 0 Å². The van der Waals surface area contributed by atoms with Crippen molar-refractivity contribution in [3.63, 3.8) is 0 Å². The minimum absolute atomic E-state index is 0.118. The van der Waals surface area contributed by atoms with Crippen LogP contribution in [-0.2, 0) is 0 Å². The van der Waals surface area contributed by atoms with Crippen LogP contribution >= 0.6 is 11.8 Å². The number of benzene rings is 2. The summed E-state index contributed by atoms with van der Waals surface area (Å²) < 4.78 is 30.0. The molecule has 0 heterocycles. The minimum Gasteiger partial charge on any atom is -0.496 e. The Morgan fingerprint density at radius 2 is 2.00 bits per heavy atom. The summed E-state index contributed by atoms with van der Waals surface area (Å²) in [5, 5.41) is 11.0. The molecule has 0 aliphatic rings. The molecule has 0 amide bonds. The number of alkyl halides is 2. The molecule has 0 spiro atoms. The van der Waals surface area contributed by atoms with Crippen LogP contribution in [0.1, 0.15) is 15.9 Å². The van der Waals surface area contributed by atoms with Crippen LogP contribution in [-0.4, -0.2) is 23.6 Å². The van der Waals surface area contributed by atoms with E-state index in [0.717, 1.165) is 0 Å². The molecule has 0 unspecified atom stereocenters. The highest BCUT2D eigenvalue weighted by atomic mass is 32.2. The maximum Gasteiger partial charge on any atom is 0.289 e. The summed E-state index contributed by atoms with van der Waals surface area (Å²) >= 11 is 0.323. The van der Waals surface area contributed by atoms with Gasteiger partial charge in [-0.25, -0.2) is 0 Å². The third-order valence-corrected chi connectivity index (χ3v) is 3.98. The average Bonchev–Trinajstić information content (AvgIpc) is 2.59. The largest absolute Gasteiger partial charge is 0.496 e. The smallest absolute Gasteiger partial charge is 0.289 e. The maximum absolute atomic E-state index is 12.5. The van der Waals surface area contributed by atoms with Crippen LogP contribution in [0, 0.1) is 10.1 Å². The molecule has 0 saturated carbocycles. The Morgan fingerprint density at radius 1 is 1.28 bits per heavy atom. The first kappa shape index (κ1) is 18.6. The Labute approximate surface area is 146 Å². The number of halogens is 2. The Hall–Kier alpha value is -2.74. The molecule has 0 fully saturated rings. The van der Waals surface area contributed by atoms with Crippen molar-refractivity contribution < 1.29 is 23.2 Å². The molecule has 5 nitrogen and oxygen atoms in total. The zero-order valence-electron chi connectivity index (χ0n) is 13.0. The number of methoxy groups -OCH3 is 1.